The van der Waals surface area contributed by atoms with Gasteiger partial charge in [-0.2, -0.15) is 5.10 Å². The fraction of sp³-hybridized carbons (Fsp3) is 0.318. The number of aromatic amines is 1. The lowest BCUT2D eigenvalue weighted by atomic mass is 10.1. The van der Waals surface area contributed by atoms with Gasteiger partial charge in [0, 0.05) is 12.0 Å². The normalized spacial score (nSPS) is 10.4. The maximum absolute atomic E-state index is 12.4. The molecule has 0 radical (unpaired) electrons. The Morgan fingerprint density at radius 2 is 1.19 bits per heavy atom. The molecule has 0 atom stereocenters. The average Bonchev–Trinajstić information content (AvgIpc) is 2.83. The van der Waals surface area contributed by atoms with Gasteiger partial charge in [0.25, 0.3) is 5.56 Å². The number of ether oxygens (including phenoxy) is 6. The molecule has 32 heavy (non-hydrogen) atoms. The van der Waals surface area contributed by atoms with Crippen molar-refractivity contribution in [3.63, 3.8) is 0 Å². The van der Waals surface area contributed by atoms with E-state index < -0.39 is 5.56 Å². The number of nitrogens with zero attached hydrogens (tertiary/aromatic N) is 2. The minimum absolute atomic E-state index is 0.214. The molecule has 0 fully saturated rings. The van der Waals surface area contributed by atoms with E-state index in [1.807, 2.05) is 0 Å². The van der Waals surface area contributed by atoms with Crippen LogP contribution in [0.25, 0.3) is 11.4 Å². The van der Waals surface area contributed by atoms with E-state index in [4.69, 9.17) is 28.4 Å². The largest absolute Gasteiger partial charge is 0.493 e. The fourth-order valence-electron chi connectivity index (χ4n) is 3.26. The molecule has 0 aliphatic carbocycles. The topological polar surface area (TPSA) is 114 Å². The van der Waals surface area contributed by atoms with Crippen LogP contribution < -0.4 is 34.0 Å². The van der Waals surface area contributed by atoms with Crippen molar-refractivity contribution in [3.8, 4) is 45.9 Å². The van der Waals surface area contributed by atoms with Crippen LogP contribution in [0.4, 0.5) is 0 Å². The van der Waals surface area contributed by atoms with Crippen LogP contribution in [0.15, 0.2) is 29.1 Å². The second kappa shape index (κ2) is 9.90. The molecule has 1 aromatic heterocycles. The number of rotatable bonds is 9. The molecule has 0 aliphatic rings. The molecule has 2 aromatic carbocycles. The highest BCUT2D eigenvalue weighted by Gasteiger charge is 2.18. The number of nitrogens with one attached hydrogen (secondary N) is 1. The molecule has 10 heteroatoms. The molecule has 0 unspecified atom stereocenters. The summed E-state index contributed by atoms with van der Waals surface area (Å²) in [4.78, 5) is 16.9. The van der Waals surface area contributed by atoms with Gasteiger partial charge in [0.2, 0.25) is 11.5 Å². The van der Waals surface area contributed by atoms with Crippen molar-refractivity contribution >= 4 is 0 Å². The first-order valence-electron chi connectivity index (χ1n) is 9.54. The van der Waals surface area contributed by atoms with Crippen LogP contribution >= 0.6 is 0 Å². The zero-order chi connectivity index (χ0) is 23.3. The van der Waals surface area contributed by atoms with Gasteiger partial charge in [-0.1, -0.05) is 0 Å². The predicted octanol–water partition coefficient (Wildman–Crippen LogP) is 2.47. The first-order chi connectivity index (χ1) is 15.5. The lowest BCUT2D eigenvalue weighted by molar-refractivity contribution is 0.324. The molecule has 3 rings (SSSR count). The molecule has 170 valence electrons. The Kier molecular flexibility index (Phi) is 7.04. The SMILES string of the molecule is COc1cc(Cc2nc(-c3cc(OC)c(OC)c(OC)c3)n[nH]c2=O)cc(OC)c1OC. The molecule has 3 aromatic rings. The Hall–Kier alpha value is -3.95. The third kappa shape index (κ3) is 4.39. The number of H-pyrrole nitrogens is 1. The Morgan fingerprint density at radius 1 is 0.719 bits per heavy atom. The third-order valence-electron chi connectivity index (χ3n) is 4.79. The van der Waals surface area contributed by atoms with Crippen molar-refractivity contribution in [3.05, 3.63) is 45.9 Å². The highest BCUT2D eigenvalue weighted by molar-refractivity contribution is 5.66. The summed E-state index contributed by atoms with van der Waals surface area (Å²) in [7, 11) is 9.14. The molecule has 0 spiro atoms. The van der Waals surface area contributed by atoms with Gasteiger partial charge in [0.15, 0.2) is 28.8 Å². The number of benzene rings is 2. The second-order valence-electron chi connectivity index (χ2n) is 6.56. The van der Waals surface area contributed by atoms with Gasteiger partial charge in [-0.15, -0.1) is 0 Å². The van der Waals surface area contributed by atoms with E-state index in [-0.39, 0.29) is 12.1 Å². The molecule has 10 nitrogen and oxygen atoms in total. The Bertz CT molecular complexity index is 1110. The molecular formula is C22H25N3O7. The Labute approximate surface area is 185 Å². The van der Waals surface area contributed by atoms with E-state index in [0.29, 0.717) is 45.9 Å². The summed E-state index contributed by atoms with van der Waals surface area (Å²) in [5.41, 5.74) is 1.19. The zero-order valence-corrected chi connectivity index (χ0v) is 18.8. The first kappa shape index (κ1) is 22.7. The van der Waals surface area contributed by atoms with Crippen LogP contribution in [0.2, 0.25) is 0 Å². The standard InChI is InChI=1S/C22H25N3O7/c1-27-15-8-12(9-16(28-2)19(15)31-5)7-14-22(26)25-24-21(23-14)13-10-17(29-3)20(32-6)18(11-13)30-4/h8-11H,7H2,1-6H3,(H,25,26). The van der Waals surface area contributed by atoms with E-state index in [1.165, 1.54) is 42.7 Å². The van der Waals surface area contributed by atoms with Gasteiger partial charge < -0.3 is 28.4 Å². The zero-order valence-electron chi connectivity index (χ0n) is 18.8. The summed E-state index contributed by atoms with van der Waals surface area (Å²) in [5.74, 6) is 3.07. The van der Waals surface area contributed by atoms with Crippen molar-refractivity contribution < 1.29 is 28.4 Å². The Balaban J connectivity index is 2.05. The number of hydrogen-bond donors (Lipinski definition) is 1. The molecule has 0 saturated carbocycles. The van der Waals surface area contributed by atoms with Crippen LogP contribution in [0.3, 0.4) is 0 Å². The smallest absolute Gasteiger partial charge is 0.286 e. The van der Waals surface area contributed by atoms with Crippen LogP contribution in [-0.4, -0.2) is 57.8 Å². The van der Waals surface area contributed by atoms with Crippen LogP contribution in [-0.2, 0) is 6.42 Å². The lowest BCUT2D eigenvalue weighted by Crippen LogP contribution is -2.18. The molecule has 1 heterocycles. The van der Waals surface area contributed by atoms with E-state index in [2.05, 4.69) is 15.2 Å². The van der Waals surface area contributed by atoms with Gasteiger partial charge >= 0.3 is 0 Å². The highest BCUT2D eigenvalue weighted by atomic mass is 16.5. The van der Waals surface area contributed by atoms with E-state index in [0.717, 1.165) is 5.56 Å². The molecule has 0 saturated heterocycles. The maximum Gasteiger partial charge on any atom is 0.286 e. The molecule has 1 N–H and O–H groups in total. The Morgan fingerprint density at radius 3 is 1.62 bits per heavy atom. The van der Waals surface area contributed by atoms with Crippen molar-refractivity contribution in [2.24, 2.45) is 0 Å². The summed E-state index contributed by atoms with van der Waals surface area (Å²) in [5, 5.41) is 6.58. The number of aromatic nitrogens is 3. The predicted molar refractivity (Wildman–Crippen MR) is 117 cm³/mol. The van der Waals surface area contributed by atoms with E-state index in [9.17, 15) is 4.79 Å². The minimum atomic E-state index is -0.407. The van der Waals surface area contributed by atoms with E-state index >= 15 is 0 Å². The van der Waals surface area contributed by atoms with Crippen LogP contribution in [0.5, 0.6) is 34.5 Å². The average molecular weight is 443 g/mol. The fourth-order valence-corrected chi connectivity index (χ4v) is 3.26. The van der Waals surface area contributed by atoms with Crippen LogP contribution in [0.1, 0.15) is 11.3 Å². The molecular weight excluding hydrogens is 418 g/mol. The van der Waals surface area contributed by atoms with Crippen molar-refractivity contribution in [2.75, 3.05) is 42.7 Å². The summed E-state index contributed by atoms with van der Waals surface area (Å²) in [6, 6.07) is 6.94. The maximum atomic E-state index is 12.4. The van der Waals surface area contributed by atoms with Crippen molar-refractivity contribution in [1.29, 1.82) is 0 Å². The van der Waals surface area contributed by atoms with Crippen molar-refractivity contribution in [2.45, 2.75) is 6.42 Å². The molecule has 0 bridgehead atoms. The van der Waals surface area contributed by atoms with Gasteiger partial charge in [-0.3, -0.25) is 4.79 Å². The second-order valence-corrected chi connectivity index (χ2v) is 6.56. The highest BCUT2D eigenvalue weighted by Crippen LogP contribution is 2.41. The summed E-state index contributed by atoms with van der Waals surface area (Å²) < 4.78 is 32.3. The summed E-state index contributed by atoms with van der Waals surface area (Å²) >= 11 is 0. The summed E-state index contributed by atoms with van der Waals surface area (Å²) in [6.45, 7) is 0. The monoisotopic (exact) mass is 443 g/mol. The van der Waals surface area contributed by atoms with Gasteiger partial charge in [-0.05, 0) is 29.8 Å². The first-order valence-corrected chi connectivity index (χ1v) is 9.54. The molecule has 0 aliphatic heterocycles. The number of hydrogen-bond acceptors (Lipinski definition) is 9. The third-order valence-corrected chi connectivity index (χ3v) is 4.79. The van der Waals surface area contributed by atoms with Crippen molar-refractivity contribution in [1.82, 2.24) is 15.2 Å². The van der Waals surface area contributed by atoms with Gasteiger partial charge in [-0.25, -0.2) is 10.1 Å². The van der Waals surface area contributed by atoms with Gasteiger partial charge in [0.05, 0.1) is 42.7 Å². The minimum Gasteiger partial charge on any atom is -0.493 e. The van der Waals surface area contributed by atoms with Crippen LogP contribution in [0, 0.1) is 0 Å². The summed E-state index contributed by atoms with van der Waals surface area (Å²) in [6.07, 6.45) is 0.214. The lowest BCUT2D eigenvalue weighted by Gasteiger charge is -2.14. The number of methoxy groups -OCH3 is 6. The van der Waals surface area contributed by atoms with E-state index in [1.54, 1.807) is 24.3 Å². The molecule has 0 amide bonds. The van der Waals surface area contributed by atoms with Gasteiger partial charge in [0.1, 0.15) is 5.69 Å². The quantitative estimate of drug-likeness (QED) is 0.533.